The standard InChI is InChI=1S/C15H22N4O5S/c1-2-9-25(23,24)17-12-5-7-18(8-6-12)15(20)11-3-4-13(16)14(10-11)19(21)22/h3-4,10,12,17H,2,5-9,16H2,1H3. The maximum Gasteiger partial charge on any atom is 0.292 e. The number of nitrogens with one attached hydrogen (secondary N) is 1. The van der Waals surface area contributed by atoms with Crippen LogP contribution in [0.3, 0.4) is 0 Å². The number of amides is 1. The Balaban J connectivity index is 2.00. The molecule has 1 fully saturated rings. The maximum absolute atomic E-state index is 12.5. The summed E-state index contributed by atoms with van der Waals surface area (Å²) in [5, 5.41) is 10.9. The molecule has 9 nitrogen and oxygen atoms in total. The number of hydrogen-bond donors (Lipinski definition) is 2. The third-order valence-electron chi connectivity index (χ3n) is 4.08. The normalized spacial score (nSPS) is 16.0. The summed E-state index contributed by atoms with van der Waals surface area (Å²) in [6.45, 7) is 2.57. The zero-order chi connectivity index (χ0) is 18.6. The molecule has 25 heavy (non-hydrogen) atoms. The van der Waals surface area contributed by atoms with Gasteiger partial charge in [0.15, 0.2) is 0 Å². The van der Waals surface area contributed by atoms with Gasteiger partial charge in [-0.3, -0.25) is 14.9 Å². The van der Waals surface area contributed by atoms with E-state index in [0.29, 0.717) is 32.4 Å². The second kappa shape index (κ2) is 7.79. The van der Waals surface area contributed by atoms with Crippen molar-refractivity contribution in [1.82, 2.24) is 9.62 Å². The lowest BCUT2D eigenvalue weighted by molar-refractivity contribution is -0.383. The van der Waals surface area contributed by atoms with E-state index < -0.39 is 14.9 Å². The van der Waals surface area contributed by atoms with Crippen molar-refractivity contribution in [2.75, 3.05) is 24.6 Å². The van der Waals surface area contributed by atoms with Crippen LogP contribution < -0.4 is 10.5 Å². The van der Waals surface area contributed by atoms with E-state index in [1.54, 1.807) is 11.8 Å². The van der Waals surface area contributed by atoms with Crippen LogP contribution >= 0.6 is 0 Å². The zero-order valence-electron chi connectivity index (χ0n) is 14.0. The smallest absolute Gasteiger partial charge is 0.292 e. The topological polar surface area (TPSA) is 136 Å². The van der Waals surface area contributed by atoms with Crippen molar-refractivity contribution in [3.8, 4) is 0 Å². The molecule has 138 valence electrons. The minimum Gasteiger partial charge on any atom is -0.393 e. The van der Waals surface area contributed by atoms with Gasteiger partial charge in [-0.25, -0.2) is 13.1 Å². The number of hydrogen-bond acceptors (Lipinski definition) is 6. The van der Waals surface area contributed by atoms with Crippen LogP contribution in [0.1, 0.15) is 36.5 Å². The quantitative estimate of drug-likeness (QED) is 0.437. The van der Waals surface area contributed by atoms with E-state index >= 15 is 0 Å². The number of anilines is 1. The predicted octanol–water partition coefficient (Wildman–Crippen LogP) is 1.11. The third-order valence-corrected chi connectivity index (χ3v) is 5.71. The summed E-state index contributed by atoms with van der Waals surface area (Å²) in [6.07, 6.45) is 1.56. The molecule has 0 aromatic heterocycles. The molecular weight excluding hydrogens is 348 g/mol. The van der Waals surface area contributed by atoms with Crippen molar-refractivity contribution in [1.29, 1.82) is 0 Å². The number of nitrogens with zero attached hydrogens (tertiary/aromatic N) is 2. The van der Waals surface area contributed by atoms with Crippen molar-refractivity contribution < 1.29 is 18.1 Å². The highest BCUT2D eigenvalue weighted by molar-refractivity contribution is 7.89. The first-order valence-corrected chi connectivity index (χ1v) is 9.72. The van der Waals surface area contributed by atoms with E-state index in [4.69, 9.17) is 5.73 Å². The molecule has 1 saturated heterocycles. The Morgan fingerprint density at radius 2 is 2.04 bits per heavy atom. The highest BCUT2D eigenvalue weighted by Crippen LogP contribution is 2.24. The van der Waals surface area contributed by atoms with Crippen molar-refractivity contribution in [3.05, 3.63) is 33.9 Å². The molecule has 1 aromatic carbocycles. The van der Waals surface area contributed by atoms with Gasteiger partial charge >= 0.3 is 0 Å². The van der Waals surface area contributed by atoms with Gasteiger partial charge in [0.05, 0.1) is 10.7 Å². The SMILES string of the molecule is CCCS(=O)(=O)NC1CCN(C(=O)c2ccc(N)c([N+](=O)[O-])c2)CC1. The Morgan fingerprint density at radius 3 is 2.60 bits per heavy atom. The number of nitro groups is 1. The molecule has 1 amide bonds. The summed E-state index contributed by atoms with van der Waals surface area (Å²) >= 11 is 0. The van der Waals surface area contributed by atoms with Crippen LogP contribution in [0.25, 0.3) is 0 Å². The molecule has 10 heteroatoms. The lowest BCUT2D eigenvalue weighted by Crippen LogP contribution is -2.47. The molecule has 0 unspecified atom stereocenters. The van der Waals surface area contributed by atoms with E-state index in [1.807, 2.05) is 0 Å². The molecule has 1 aliphatic rings. The highest BCUT2D eigenvalue weighted by Gasteiger charge is 2.27. The number of carbonyl (C=O) groups is 1. The van der Waals surface area contributed by atoms with Crippen LogP contribution in [0, 0.1) is 10.1 Å². The molecule has 1 aromatic rings. The molecular formula is C15H22N4O5S. The molecule has 1 aliphatic heterocycles. The lowest BCUT2D eigenvalue weighted by atomic mass is 10.0. The number of benzene rings is 1. The molecule has 0 aliphatic carbocycles. The van der Waals surface area contributed by atoms with Crippen LogP contribution in [-0.2, 0) is 10.0 Å². The largest absolute Gasteiger partial charge is 0.393 e. The highest BCUT2D eigenvalue weighted by atomic mass is 32.2. The van der Waals surface area contributed by atoms with Crippen LogP contribution in [0.15, 0.2) is 18.2 Å². The van der Waals surface area contributed by atoms with Crippen molar-refractivity contribution in [2.45, 2.75) is 32.2 Å². The molecule has 0 radical (unpaired) electrons. The van der Waals surface area contributed by atoms with Crippen molar-refractivity contribution >= 4 is 27.3 Å². The third kappa shape index (κ3) is 4.89. The van der Waals surface area contributed by atoms with Crippen molar-refractivity contribution in [2.24, 2.45) is 0 Å². The first kappa shape index (κ1) is 19.1. The van der Waals surface area contributed by atoms with E-state index in [2.05, 4.69) is 4.72 Å². The fourth-order valence-electron chi connectivity index (χ4n) is 2.80. The van der Waals surface area contributed by atoms with Crippen LogP contribution in [-0.4, -0.2) is 49.0 Å². The Hall–Kier alpha value is -2.20. The van der Waals surface area contributed by atoms with Crippen LogP contribution in [0.5, 0.6) is 0 Å². The number of nitrogens with two attached hydrogens (primary N) is 1. The maximum atomic E-state index is 12.5. The second-order valence-electron chi connectivity index (χ2n) is 6.03. The molecule has 0 spiro atoms. The second-order valence-corrected chi connectivity index (χ2v) is 7.91. The fraction of sp³-hybridized carbons (Fsp3) is 0.533. The van der Waals surface area contributed by atoms with E-state index in [0.717, 1.165) is 0 Å². The number of carbonyl (C=O) groups excluding carboxylic acids is 1. The average Bonchev–Trinajstić information content (AvgIpc) is 2.54. The summed E-state index contributed by atoms with van der Waals surface area (Å²) in [4.78, 5) is 24.4. The summed E-state index contributed by atoms with van der Waals surface area (Å²) in [5.74, 6) is -0.237. The first-order valence-electron chi connectivity index (χ1n) is 8.06. The summed E-state index contributed by atoms with van der Waals surface area (Å²) < 4.78 is 26.3. The molecule has 0 atom stereocenters. The average molecular weight is 370 g/mol. The lowest BCUT2D eigenvalue weighted by Gasteiger charge is -2.32. The molecule has 1 heterocycles. The molecule has 3 N–H and O–H groups in total. The van der Waals surface area contributed by atoms with Gasteiger partial charge in [0.1, 0.15) is 5.69 Å². The number of sulfonamides is 1. The Morgan fingerprint density at radius 1 is 1.40 bits per heavy atom. The van der Waals surface area contributed by atoms with Crippen LogP contribution in [0.2, 0.25) is 0 Å². The summed E-state index contributed by atoms with van der Waals surface area (Å²) in [7, 11) is -3.28. The number of nitro benzene ring substituents is 1. The van der Waals surface area contributed by atoms with Gasteiger partial charge in [-0.1, -0.05) is 6.92 Å². The minimum absolute atomic E-state index is 0.00517. The predicted molar refractivity (Wildman–Crippen MR) is 93.6 cm³/mol. The fourth-order valence-corrected chi connectivity index (χ4v) is 4.20. The van der Waals surface area contributed by atoms with Gasteiger partial charge in [0.25, 0.3) is 11.6 Å². The van der Waals surface area contributed by atoms with Gasteiger partial charge in [-0.05, 0) is 31.4 Å². The molecule has 2 rings (SSSR count). The van der Waals surface area contributed by atoms with Gasteiger partial charge in [-0.2, -0.15) is 0 Å². The summed E-state index contributed by atoms with van der Waals surface area (Å²) in [5.41, 5.74) is 5.45. The van der Waals surface area contributed by atoms with Crippen molar-refractivity contribution in [3.63, 3.8) is 0 Å². The van der Waals surface area contributed by atoms with Gasteiger partial charge < -0.3 is 10.6 Å². The van der Waals surface area contributed by atoms with E-state index in [1.165, 1.54) is 18.2 Å². The number of piperidine rings is 1. The Kier molecular flexibility index (Phi) is 5.96. The Bertz CT molecular complexity index is 757. The van der Waals surface area contributed by atoms with E-state index in [9.17, 15) is 23.3 Å². The Labute approximate surface area is 146 Å². The van der Waals surface area contributed by atoms with Gasteiger partial charge in [0.2, 0.25) is 10.0 Å². The minimum atomic E-state index is -3.28. The zero-order valence-corrected chi connectivity index (χ0v) is 14.8. The molecule has 0 saturated carbocycles. The first-order chi connectivity index (χ1) is 11.7. The summed E-state index contributed by atoms with van der Waals surface area (Å²) in [6, 6.07) is 3.78. The number of likely N-dealkylation sites (tertiary alicyclic amines) is 1. The van der Waals surface area contributed by atoms with Crippen LogP contribution in [0.4, 0.5) is 11.4 Å². The number of nitrogen functional groups attached to an aromatic ring is 1. The number of rotatable bonds is 6. The van der Waals surface area contributed by atoms with E-state index in [-0.39, 0.29) is 34.6 Å². The van der Waals surface area contributed by atoms with Gasteiger partial charge in [0, 0.05) is 30.8 Å². The van der Waals surface area contributed by atoms with Gasteiger partial charge in [-0.15, -0.1) is 0 Å². The monoisotopic (exact) mass is 370 g/mol. The molecule has 0 bridgehead atoms.